The van der Waals surface area contributed by atoms with Crippen LogP contribution in [0.25, 0.3) is 22.5 Å². The molecule has 0 aliphatic heterocycles. The highest BCUT2D eigenvalue weighted by Crippen LogP contribution is 2.40. The molecule has 4 rings (SSSR count). The first kappa shape index (κ1) is 16.6. The maximum Gasteiger partial charge on any atom is 0.227 e. The summed E-state index contributed by atoms with van der Waals surface area (Å²) in [6.07, 6.45) is 2.56. The van der Waals surface area contributed by atoms with Gasteiger partial charge in [-0.15, -0.1) is 0 Å². The van der Waals surface area contributed by atoms with Crippen molar-refractivity contribution in [3.05, 3.63) is 59.7 Å². The summed E-state index contributed by atoms with van der Waals surface area (Å²) in [5.41, 5.74) is 7.74. The number of carbonyl (C=O) groups is 1. The average Bonchev–Trinajstić information content (AvgIpc) is 3.22. The number of benzene rings is 2. The summed E-state index contributed by atoms with van der Waals surface area (Å²) >= 11 is 0. The Morgan fingerprint density at radius 3 is 2.65 bits per heavy atom. The summed E-state index contributed by atoms with van der Waals surface area (Å²) in [7, 11) is 0. The van der Waals surface area contributed by atoms with Gasteiger partial charge in [0.05, 0.1) is 11.4 Å². The van der Waals surface area contributed by atoms with Gasteiger partial charge < -0.3 is 5.32 Å². The van der Waals surface area contributed by atoms with E-state index in [1.807, 2.05) is 24.3 Å². The van der Waals surface area contributed by atoms with Gasteiger partial charge in [0.2, 0.25) is 5.91 Å². The molecule has 4 nitrogen and oxygen atoms in total. The molecule has 0 saturated carbocycles. The van der Waals surface area contributed by atoms with E-state index in [1.165, 1.54) is 16.7 Å². The number of rotatable bonds is 5. The first-order valence-corrected chi connectivity index (χ1v) is 9.28. The Labute approximate surface area is 153 Å². The SMILES string of the molecule is CCC(CC)C(=O)Nc1ccc2c(c1)Cc1c(-c3ccccc3)n[nH]c1-2. The minimum Gasteiger partial charge on any atom is -0.326 e. The lowest BCUT2D eigenvalue weighted by molar-refractivity contribution is -0.120. The fraction of sp³-hybridized carbons (Fsp3) is 0.273. The van der Waals surface area contributed by atoms with Crippen molar-refractivity contribution < 1.29 is 4.79 Å². The van der Waals surface area contributed by atoms with Crippen LogP contribution in [0, 0.1) is 5.92 Å². The summed E-state index contributed by atoms with van der Waals surface area (Å²) in [6, 6.07) is 16.4. The van der Waals surface area contributed by atoms with Crippen molar-refractivity contribution in [1.29, 1.82) is 0 Å². The number of hydrogen-bond donors (Lipinski definition) is 2. The number of amides is 1. The maximum atomic E-state index is 12.4. The van der Waals surface area contributed by atoms with Crippen molar-refractivity contribution in [2.45, 2.75) is 33.1 Å². The number of fused-ring (bicyclic) bond motifs is 3. The Balaban J connectivity index is 1.61. The molecule has 1 aliphatic carbocycles. The zero-order valence-corrected chi connectivity index (χ0v) is 15.2. The largest absolute Gasteiger partial charge is 0.326 e. The average molecular weight is 345 g/mol. The van der Waals surface area contributed by atoms with E-state index in [4.69, 9.17) is 0 Å². The number of nitrogens with zero attached hydrogens (tertiary/aromatic N) is 1. The lowest BCUT2D eigenvalue weighted by Crippen LogP contribution is -2.21. The molecule has 132 valence electrons. The van der Waals surface area contributed by atoms with Crippen LogP contribution in [-0.4, -0.2) is 16.1 Å². The quantitative estimate of drug-likeness (QED) is 0.533. The molecule has 4 heteroatoms. The van der Waals surface area contributed by atoms with Gasteiger partial charge in [0.25, 0.3) is 0 Å². The van der Waals surface area contributed by atoms with E-state index in [9.17, 15) is 4.79 Å². The number of H-pyrrole nitrogens is 1. The molecule has 0 bridgehead atoms. The smallest absolute Gasteiger partial charge is 0.227 e. The highest BCUT2D eigenvalue weighted by molar-refractivity contribution is 5.93. The zero-order valence-electron chi connectivity index (χ0n) is 15.2. The number of anilines is 1. The molecule has 0 unspecified atom stereocenters. The van der Waals surface area contributed by atoms with E-state index < -0.39 is 0 Å². The van der Waals surface area contributed by atoms with E-state index in [0.29, 0.717) is 0 Å². The monoisotopic (exact) mass is 345 g/mol. The fourth-order valence-corrected chi connectivity index (χ4v) is 3.75. The Morgan fingerprint density at radius 2 is 1.92 bits per heavy atom. The van der Waals surface area contributed by atoms with E-state index in [-0.39, 0.29) is 11.8 Å². The van der Waals surface area contributed by atoms with E-state index in [2.05, 4.69) is 53.6 Å². The minimum absolute atomic E-state index is 0.0740. The number of aromatic nitrogens is 2. The summed E-state index contributed by atoms with van der Waals surface area (Å²) in [5, 5.41) is 10.8. The predicted octanol–water partition coefficient (Wildman–Crippen LogP) is 5.02. The second-order valence-electron chi connectivity index (χ2n) is 6.84. The van der Waals surface area contributed by atoms with E-state index >= 15 is 0 Å². The van der Waals surface area contributed by atoms with Crippen molar-refractivity contribution in [2.75, 3.05) is 5.32 Å². The molecule has 0 spiro atoms. The summed E-state index contributed by atoms with van der Waals surface area (Å²) < 4.78 is 0. The lowest BCUT2D eigenvalue weighted by atomic mass is 10.0. The van der Waals surface area contributed by atoms with E-state index in [1.54, 1.807) is 0 Å². The third kappa shape index (κ3) is 2.81. The molecular weight excluding hydrogens is 322 g/mol. The highest BCUT2D eigenvalue weighted by atomic mass is 16.1. The number of aromatic amines is 1. The summed E-state index contributed by atoms with van der Waals surface area (Å²) in [4.78, 5) is 12.4. The summed E-state index contributed by atoms with van der Waals surface area (Å²) in [5.74, 6) is 0.183. The normalized spacial score (nSPS) is 12.1. The van der Waals surface area contributed by atoms with Crippen LogP contribution >= 0.6 is 0 Å². The van der Waals surface area contributed by atoms with Gasteiger partial charge in [-0.2, -0.15) is 5.10 Å². The molecular formula is C22H23N3O. The third-order valence-electron chi connectivity index (χ3n) is 5.28. The number of carbonyl (C=O) groups excluding carboxylic acids is 1. The molecule has 0 atom stereocenters. The molecule has 0 fully saturated rings. The second-order valence-corrected chi connectivity index (χ2v) is 6.84. The van der Waals surface area contributed by atoms with Crippen molar-refractivity contribution in [2.24, 2.45) is 5.92 Å². The van der Waals surface area contributed by atoms with Gasteiger partial charge in [-0.25, -0.2) is 0 Å². The molecule has 1 amide bonds. The molecule has 2 N–H and O–H groups in total. The minimum atomic E-state index is 0.0740. The Hall–Kier alpha value is -2.88. The Morgan fingerprint density at radius 1 is 1.15 bits per heavy atom. The first-order chi connectivity index (χ1) is 12.7. The predicted molar refractivity (Wildman–Crippen MR) is 105 cm³/mol. The van der Waals surface area contributed by atoms with Crippen LogP contribution in [-0.2, 0) is 11.2 Å². The van der Waals surface area contributed by atoms with Gasteiger partial charge in [0, 0.05) is 34.7 Å². The molecule has 0 radical (unpaired) electrons. The lowest BCUT2D eigenvalue weighted by Gasteiger charge is -2.13. The van der Waals surface area contributed by atoms with Crippen molar-refractivity contribution in [3.8, 4) is 22.5 Å². The molecule has 1 heterocycles. The number of hydrogen-bond acceptors (Lipinski definition) is 2. The summed E-state index contributed by atoms with van der Waals surface area (Å²) in [6.45, 7) is 4.11. The van der Waals surface area contributed by atoms with Crippen LogP contribution in [0.3, 0.4) is 0 Å². The van der Waals surface area contributed by atoms with Crippen LogP contribution in [0.15, 0.2) is 48.5 Å². The van der Waals surface area contributed by atoms with Gasteiger partial charge >= 0.3 is 0 Å². The van der Waals surface area contributed by atoms with Crippen molar-refractivity contribution >= 4 is 11.6 Å². The Bertz CT molecular complexity index is 939. The molecule has 1 aromatic heterocycles. The van der Waals surface area contributed by atoms with Crippen LogP contribution in [0.4, 0.5) is 5.69 Å². The van der Waals surface area contributed by atoms with Gasteiger partial charge in [0.1, 0.15) is 0 Å². The van der Waals surface area contributed by atoms with Gasteiger partial charge in [-0.1, -0.05) is 50.2 Å². The maximum absolute atomic E-state index is 12.4. The van der Waals surface area contributed by atoms with Gasteiger partial charge in [-0.05, 0) is 30.5 Å². The standard InChI is InChI=1S/C22H23N3O/c1-3-14(4-2)22(26)23-17-10-11-18-16(12-17)13-19-20(24-25-21(18)19)15-8-6-5-7-9-15/h5-12,14H,3-4,13H2,1-2H3,(H,23,26)(H,24,25). The van der Waals surface area contributed by atoms with E-state index in [0.717, 1.165) is 41.9 Å². The fourth-order valence-electron chi connectivity index (χ4n) is 3.75. The topological polar surface area (TPSA) is 57.8 Å². The molecule has 26 heavy (non-hydrogen) atoms. The Kier molecular flexibility index (Phi) is 4.33. The van der Waals surface area contributed by atoms with Crippen LogP contribution < -0.4 is 5.32 Å². The molecule has 1 aliphatic rings. The first-order valence-electron chi connectivity index (χ1n) is 9.28. The van der Waals surface area contributed by atoms with Crippen molar-refractivity contribution in [1.82, 2.24) is 10.2 Å². The molecule has 3 aromatic rings. The zero-order chi connectivity index (χ0) is 18.1. The molecule has 2 aromatic carbocycles. The third-order valence-corrected chi connectivity index (χ3v) is 5.28. The molecule has 0 saturated heterocycles. The second kappa shape index (κ2) is 6.79. The van der Waals surface area contributed by atoms with Crippen LogP contribution in [0.5, 0.6) is 0 Å². The van der Waals surface area contributed by atoms with Crippen LogP contribution in [0.1, 0.15) is 37.8 Å². The van der Waals surface area contributed by atoms with Gasteiger partial charge in [0.15, 0.2) is 0 Å². The highest BCUT2D eigenvalue weighted by Gasteiger charge is 2.25. The number of nitrogens with one attached hydrogen (secondary N) is 2. The van der Waals surface area contributed by atoms with Crippen LogP contribution in [0.2, 0.25) is 0 Å². The van der Waals surface area contributed by atoms with Gasteiger partial charge in [-0.3, -0.25) is 9.89 Å². The van der Waals surface area contributed by atoms with Crippen molar-refractivity contribution in [3.63, 3.8) is 0 Å².